The molecule has 7 rings (SSSR count). The molecular formula is C39H38N6O7. The average Bonchev–Trinajstić information content (AvgIpc) is 3.38. The third-order valence-electron chi connectivity index (χ3n) is 9.89. The molecule has 266 valence electrons. The lowest BCUT2D eigenvalue weighted by Crippen LogP contribution is -2.54. The molecule has 1 unspecified atom stereocenters. The highest BCUT2D eigenvalue weighted by Crippen LogP contribution is 2.36. The normalized spacial score (nSPS) is 19.8. The lowest BCUT2D eigenvalue weighted by molar-refractivity contribution is -0.136. The largest absolute Gasteiger partial charge is 0.490 e. The van der Waals surface area contributed by atoms with Gasteiger partial charge in [-0.25, -0.2) is 9.97 Å². The molecule has 1 saturated heterocycles. The summed E-state index contributed by atoms with van der Waals surface area (Å²) in [5.41, 5.74) is 3.78. The number of anilines is 1. The van der Waals surface area contributed by atoms with Crippen LogP contribution in [-0.4, -0.2) is 69.6 Å². The number of carbonyl (C=O) groups is 5. The Labute approximate surface area is 300 Å². The first-order chi connectivity index (χ1) is 25.0. The number of hydrogen-bond donors (Lipinski definition) is 3. The van der Waals surface area contributed by atoms with Gasteiger partial charge in [0, 0.05) is 49.7 Å². The van der Waals surface area contributed by atoms with Gasteiger partial charge in [0.25, 0.3) is 17.7 Å². The Balaban J connectivity index is 0.898. The van der Waals surface area contributed by atoms with Crippen molar-refractivity contribution in [3.05, 3.63) is 113 Å². The molecule has 5 amide bonds. The highest BCUT2D eigenvalue weighted by molar-refractivity contribution is 6.23. The third-order valence-corrected chi connectivity index (χ3v) is 9.89. The lowest BCUT2D eigenvalue weighted by Gasteiger charge is -2.36. The molecule has 0 bridgehead atoms. The molecule has 13 nitrogen and oxygen atoms in total. The summed E-state index contributed by atoms with van der Waals surface area (Å²) in [5, 5.41) is 8.16. The molecular weight excluding hydrogens is 664 g/mol. The van der Waals surface area contributed by atoms with Gasteiger partial charge in [0.05, 0.1) is 16.8 Å². The minimum Gasteiger partial charge on any atom is -0.490 e. The van der Waals surface area contributed by atoms with Crippen LogP contribution in [0.5, 0.6) is 11.5 Å². The zero-order valence-electron chi connectivity index (χ0n) is 29.0. The zero-order valence-corrected chi connectivity index (χ0v) is 29.0. The van der Waals surface area contributed by atoms with E-state index in [0.717, 1.165) is 34.6 Å². The first-order valence-corrected chi connectivity index (χ1v) is 17.2. The van der Waals surface area contributed by atoms with Crippen LogP contribution in [0, 0.1) is 0 Å². The highest BCUT2D eigenvalue weighted by Gasteiger charge is 2.45. The van der Waals surface area contributed by atoms with Gasteiger partial charge in [-0.15, -0.1) is 0 Å². The van der Waals surface area contributed by atoms with Crippen molar-refractivity contribution in [3.8, 4) is 11.5 Å². The van der Waals surface area contributed by atoms with Crippen LogP contribution in [-0.2, 0) is 21.6 Å². The maximum atomic E-state index is 13.2. The van der Waals surface area contributed by atoms with E-state index in [1.165, 1.54) is 13.2 Å². The van der Waals surface area contributed by atoms with Crippen LogP contribution < -0.4 is 25.4 Å². The first-order valence-electron chi connectivity index (χ1n) is 17.2. The summed E-state index contributed by atoms with van der Waals surface area (Å²) in [4.78, 5) is 71.1. The summed E-state index contributed by atoms with van der Waals surface area (Å²) >= 11 is 0. The molecule has 1 atom stereocenters. The van der Waals surface area contributed by atoms with Crippen molar-refractivity contribution in [1.82, 2.24) is 25.5 Å². The molecule has 3 N–H and O–H groups in total. The molecule has 52 heavy (non-hydrogen) atoms. The summed E-state index contributed by atoms with van der Waals surface area (Å²) in [6, 6.07) is 21.9. The Morgan fingerprint density at radius 1 is 0.904 bits per heavy atom. The van der Waals surface area contributed by atoms with E-state index < -0.39 is 29.7 Å². The Morgan fingerprint density at radius 3 is 2.25 bits per heavy atom. The maximum Gasteiger partial charge on any atom is 0.288 e. The van der Waals surface area contributed by atoms with Crippen molar-refractivity contribution >= 4 is 35.2 Å². The van der Waals surface area contributed by atoms with E-state index in [1.54, 1.807) is 24.3 Å². The third kappa shape index (κ3) is 6.81. The van der Waals surface area contributed by atoms with Crippen LogP contribution in [0.1, 0.15) is 87.7 Å². The number of carbonyl (C=O) groups excluding carboxylic acids is 5. The van der Waals surface area contributed by atoms with E-state index in [9.17, 15) is 24.0 Å². The zero-order chi connectivity index (χ0) is 36.6. The smallest absolute Gasteiger partial charge is 0.288 e. The molecule has 1 aliphatic carbocycles. The van der Waals surface area contributed by atoms with Gasteiger partial charge in [-0.2, -0.15) is 0 Å². The Bertz CT molecular complexity index is 2060. The van der Waals surface area contributed by atoms with Gasteiger partial charge in [-0.3, -0.25) is 34.2 Å². The summed E-state index contributed by atoms with van der Waals surface area (Å²) in [5.74, 6) is -0.867. The number of benzene rings is 3. The van der Waals surface area contributed by atoms with Crippen molar-refractivity contribution in [2.75, 3.05) is 12.4 Å². The number of nitrogens with one attached hydrogen (secondary N) is 3. The fourth-order valence-electron chi connectivity index (χ4n) is 6.71. The molecule has 4 aromatic rings. The quantitative estimate of drug-likeness (QED) is 0.193. The Kier molecular flexibility index (Phi) is 9.18. The molecule has 2 fully saturated rings. The number of aromatic nitrogens is 2. The molecule has 3 aliphatic rings. The van der Waals surface area contributed by atoms with Crippen LogP contribution in [0.3, 0.4) is 0 Å². The molecule has 3 heterocycles. The van der Waals surface area contributed by atoms with E-state index in [4.69, 9.17) is 9.47 Å². The predicted molar refractivity (Wildman–Crippen MR) is 189 cm³/mol. The number of ether oxygens (including phenoxy) is 2. The van der Waals surface area contributed by atoms with Gasteiger partial charge in [0.15, 0.2) is 0 Å². The first kappa shape index (κ1) is 34.3. The van der Waals surface area contributed by atoms with E-state index in [0.29, 0.717) is 17.1 Å². The van der Waals surface area contributed by atoms with Crippen molar-refractivity contribution in [2.24, 2.45) is 0 Å². The van der Waals surface area contributed by atoms with Crippen molar-refractivity contribution < 1.29 is 33.4 Å². The van der Waals surface area contributed by atoms with Crippen molar-refractivity contribution in [2.45, 2.75) is 69.7 Å². The molecule has 3 aromatic carbocycles. The average molecular weight is 703 g/mol. The van der Waals surface area contributed by atoms with Gasteiger partial charge < -0.3 is 20.1 Å². The topological polar surface area (TPSA) is 169 Å². The fourth-order valence-corrected chi connectivity index (χ4v) is 6.71. The summed E-state index contributed by atoms with van der Waals surface area (Å²) in [6.45, 7) is 4.53. The molecule has 1 saturated carbocycles. The SMILES string of the molecule is CNC(=O)c1nccc(COc2ccc(C(C)(C)c3ccc(OC4CC(Nc5ccc6c(c5)C(=O)N(C5CCC(=O)NC5=O)C6=O)C4)cc3)cc2)n1. The van der Waals surface area contributed by atoms with E-state index in [1.807, 2.05) is 36.4 Å². The van der Waals surface area contributed by atoms with Crippen LogP contribution in [0.15, 0.2) is 79.0 Å². The standard InChI is InChI=1S/C39H38N6O7/c1-39(2,22-4-9-27(10-5-22)51-21-25-16-17-41-34(43-25)36(48)40-3)23-6-11-28(12-7-23)52-29-18-26(19-29)42-24-8-13-30-31(20-24)38(50)45(37(30)49)32-14-15-33(46)44-35(32)47/h4-13,16-17,20,26,29,32,42H,14-15,18-19,21H2,1-3H3,(H,40,48)(H,44,46,47). The van der Waals surface area contributed by atoms with Gasteiger partial charge >= 0.3 is 0 Å². The van der Waals surface area contributed by atoms with E-state index >= 15 is 0 Å². The molecule has 0 spiro atoms. The van der Waals surface area contributed by atoms with Gasteiger partial charge in [-0.05, 0) is 66.1 Å². The summed E-state index contributed by atoms with van der Waals surface area (Å²) in [6.07, 6.45) is 3.29. The minimum absolute atomic E-state index is 0.0299. The maximum absolute atomic E-state index is 13.2. The van der Waals surface area contributed by atoms with Crippen LogP contribution in [0.2, 0.25) is 0 Å². The number of nitrogens with zero attached hydrogens (tertiary/aromatic N) is 3. The van der Waals surface area contributed by atoms with Crippen LogP contribution in [0.4, 0.5) is 5.69 Å². The Morgan fingerprint density at radius 2 is 1.58 bits per heavy atom. The van der Waals surface area contributed by atoms with Gasteiger partial charge in [0.1, 0.15) is 30.3 Å². The van der Waals surface area contributed by atoms with Gasteiger partial charge in [0.2, 0.25) is 17.6 Å². The summed E-state index contributed by atoms with van der Waals surface area (Å²) in [7, 11) is 1.53. The predicted octanol–water partition coefficient (Wildman–Crippen LogP) is 4.16. The fraction of sp³-hybridized carbons (Fsp3) is 0.308. The summed E-state index contributed by atoms with van der Waals surface area (Å²) < 4.78 is 12.2. The monoisotopic (exact) mass is 702 g/mol. The molecule has 1 aromatic heterocycles. The molecule has 2 aliphatic heterocycles. The number of hydrogen-bond acceptors (Lipinski definition) is 10. The molecule has 13 heteroatoms. The van der Waals surface area contributed by atoms with E-state index in [2.05, 4.69) is 51.9 Å². The second-order valence-corrected chi connectivity index (χ2v) is 13.7. The second-order valence-electron chi connectivity index (χ2n) is 13.7. The number of amides is 5. The van der Waals surface area contributed by atoms with Crippen molar-refractivity contribution in [3.63, 3.8) is 0 Å². The number of fused-ring (bicyclic) bond motifs is 1. The van der Waals surface area contributed by atoms with Crippen molar-refractivity contribution in [1.29, 1.82) is 0 Å². The lowest BCUT2D eigenvalue weighted by atomic mass is 9.78. The number of rotatable bonds is 11. The number of imide groups is 2. The van der Waals surface area contributed by atoms with E-state index in [-0.39, 0.29) is 59.9 Å². The minimum atomic E-state index is -0.992. The number of piperidine rings is 1. The molecule has 0 radical (unpaired) electrons. The van der Waals surface area contributed by atoms with Crippen LogP contribution >= 0.6 is 0 Å². The van der Waals surface area contributed by atoms with Gasteiger partial charge in [-0.1, -0.05) is 38.1 Å². The second kappa shape index (κ2) is 13.9. The highest BCUT2D eigenvalue weighted by atomic mass is 16.5. The Hall–Kier alpha value is -6.11. The van der Waals surface area contributed by atoms with Crippen LogP contribution in [0.25, 0.3) is 0 Å².